The molecule has 0 atom stereocenters. The van der Waals surface area contributed by atoms with E-state index in [-0.39, 0.29) is 5.91 Å². The maximum atomic E-state index is 13.2. The van der Waals surface area contributed by atoms with Crippen LogP contribution >= 0.6 is 27.3 Å². The molecule has 1 aliphatic rings. The van der Waals surface area contributed by atoms with Gasteiger partial charge in [-0.15, -0.1) is 11.3 Å². The Morgan fingerprint density at radius 3 is 2.31 bits per heavy atom. The monoisotopic (exact) mass is 557 g/mol. The summed E-state index contributed by atoms with van der Waals surface area (Å²) in [6.07, 6.45) is 1.81. The summed E-state index contributed by atoms with van der Waals surface area (Å²) < 4.78 is 11.4. The van der Waals surface area contributed by atoms with Crippen LogP contribution in [-0.2, 0) is 0 Å². The predicted molar refractivity (Wildman–Crippen MR) is 146 cm³/mol. The first kappa shape index (κ1) is 25.5. The van der Waals surface area contributed by atoms with Gasteiger partial charge in [0.15, 0.2) is 11.5 Å². The van der Waals surface area contributed by atoms with Crippen LogP contribution in [0.1, 0.15) is 48.0 Å². The number of likely N-dealkylation sites (tertiary alicyclic amines) is 1. The SMILES string of the molecule is CCN(CC)c1ccc(-c2csc(C3CCN(C(=O)c4cc(OC)c(OC)cc4Br)CC3)n2)cc1. The number of piperidine rings is 1. The molecule has 3 aromatic rings. The molecule has 186 valence electrons. The van der Waals surface area contributed by atoms with E-state index in [9.17, 15) is 4.79 Å². The highest BCUT2D eigenvalue weighted by molar-refractivity contribution is 9.10. The number of aromatic nitrogens is 1. The molecule has 1 fully saturated rings. The second-order valence-electron chi connectivity index (χ2n) is 8.54. The first-order chi connectivity index (χ1) is 17.0. The van der Waals surface area contributed by atoms with E-state index >= 15 is 0 Å². The van der Waals surface area contributed by atoms with E-state index in [0.29, 0.717) is 40.5 Å². The number of methoxy groups -OCH3 is 2. The number of hydrogen-bond donors (Lipinski definition) is 0. The lowest BCUT2D eigenvalue weighted by Gasteiger charge is -2.31. The number of thiazole rings is 1. The van der Waals surface area contributed by atoms with Crippen LogP contribution in [0.4, 0.5) is 5.69 Å². The molecule has 0 spiro atoms. The van der Waals surface area contributed by atoms with Crippen LogP contribution in [0.5, 0.6) is 11.5 Å². The van der Waals surface area contributed by atoms with E-state index in [1.807, 2.05) is 4.90 Å². The Morgan fingerprint density at radius 1 is 1.09 bits per heavy atom. The van der Waals surface area contributed by atoms with Crippen molar-refractivity contribution in [1.82, 2.24) is 9.88 Å². The molecule has 2 aromatic carbocycles. The molecule has 0 bridgehead atoms. The van der Waals surface area contributed by atoms with Gasteiger partial charge in [0.05, 0.1) is 30.5 Å². The Bertz CT molecular complexity index is 1150. The molecule has 35 heavy (non-hydrogen) atoms. The van der Waals surface area contributed by atoms with Gasteiger partial charge >= 0.3 is 0 Å². The molecule has 0 radical (unpaired) electrons. The first-order valence-corrected chi connectivity index (χ1v) is 13.7. The van der Waals surface area contributed by atoms with E-state index in [4.69, 9.17) is 14.5 Å². The number of nitrogens with zero attached hydrogens (tertiary/aromatic N) is 3. The van der Waals surface area contributed by atoms with Crippen molar-refractivity contribution in [2.75, 3.05) is 45.3 Å². The Morgan fingerprint density at radius 2 is 1.71 bits per heavy atom. The molecule has 8 heteroatoms. The molecule has 1 aliphatic heterocycles. The lowest BCUT2D eigenvalue weighted by atomic mass is 9.97. The fourth-order valence-electron chi connectivity index (χ4n) is 4.56. The van der Waals surface area contributed by atoms with Crippen LogP contribution in [0.2, 0.25) is 0 Å². The zero-order chi connectivity index (χ0) is 24.9. The minimum Gasteiger partial charge on any atom is -0.493 e. The molecule has 0 N–H and O–H groups in total. The number of hydrogen-bond acceptors (Lipinski definition) is 6. The molecule has 0 saturated carbocycles. The summed E-state index contributed by atoms with van der Waals surface area (Å²) in [6, 6.07) is 12.2. The van der Waals surface area contributed by atoms with Crippen LogP contribution in [0, 0.1) is 0 Å². The Labute approximate surface area is 220 Å². The number of ether oxygens (including phenoxy) is 2. The number of rotatable bonds is 8. The van der Waals surface area contributed by atoms with Gasteiger partial charge in [-0.25, -0.2) is 4.98 Å². The minimum absolute atomic E-state index is 0.00407. The highest BCUT2D eigenvalue weighted by atomic mass is 79.9. The van der Waals surface area contributed by atoms with Crippen molar-refractivity contribution < 1.29 is 14.3 Å². The average Bonchev–Trinajstić information content (AvgIpc) is 3.40. The summed E-state index contributed by atoms with van der Waals surface area (Å²) >= 11 is 5.24. The van der Waals surface area contributed by atoms with E-state index < -0.39 is 0 Å². The Hall–Kier alpha value is -2.58. The van der Waals surface area contributed by atoms with Crippen molar-refractivity contribution in [3.8, 4) is 22.8 Å². The third kappa shape index (κ3) is 5.48. The van der Waals surface area contributed by atoms with Gasteiger partial charge in [0, 0.05) is 53.2 Å². The van der Waals surface area contributed by atoms with Gasteiger partial charge in [-0.3, -0.25) is 4.79 Å². The van der Waals surface area contributed by atoms with Gasteiger partial charge in [-0.1, -0.05) is 12.1 Å². The molecular weight excluding hydrogens is 526 g/mol. The largest absolute Gasteiger partial charge is 0.493 e. The van der Waals surface area contributed by atoms with Crippen LogP contribution in [0.3, 0.4) is 0 Å². The summed E-state index contributed by atoms with van der Waals surface area (Å²) in [7, 11) is 3.16. The molecular formula is C27H32BrN3O3S. The predicted octanol–water partition coefficient (Wildman–Crippen LogP) is 6.46. The summed E-state index contributed by atoms with van der Waals surface area (Å²) in [5, 5.41) is 3.31. The van der Waals surface area contributed by atoms with Crippen LogP contribution in [0.15, 0.2) is 46.3 Å². The van der Waals surface area contributed by atoms with Crippen LogP contribution < -0.4 is 14.4 Å². The van der Waals surface area contributed by atoms with Crippen molar-refractivity contribution in [3.63, 3.8) is 0 Å². The summed E-state index contributed by atoms with van der Waals surface area (Å²) in [5.41, 5.74) is 4.01. The molecule has 1 amide bonds. The third-order valence-corrected chi connectivity index (χ3v) is 8.31. The van der Waals surface area contributed by atoms with Gasteiger partial charge < -0.3 is 19.3 Å². The maximum absolute atomic E-state index is 13.2. The fraction of sp³-hybridized carbons (Fsp3) is 0.407. The van der Waals surface area contributed by atoms with Crippen molar-refractivity contribution in [3.05, 3.63) is 56.8 Å². The van der Waals surface area contributed by atoms with Crippen molar-refractivity contribution in [1.29, 1.82) is 0 Å². The highest BCUT2D eigenvalue weighted by Crippen LogP contribution is 2.36. The van der Waals surface area contributed by atoms with Crippen molar-refractivity contribution in [2.45, 2.75) is 32.6 Å². The number of benzene rings is 2. The lowest BCUT2D eigenvalue weighted by molar-refractivity contribution is 0.0711. The van der Waals surface area contributed by atoms with Gasteiger partial charge in [-0.05, 0) is 66.9 Å². The molecule has 1 saturated heterocycles. The maximum Gasteiger partial charge on any atom is 0.255 e. The highest BCUT2D eigenvalue weighted by Gasteiger charge is 2.28. The van der Waals surface area contributed by atoms with Gasteiger partial charge in [0.1, 0.15) is 0 Å². The lowest BCUT2D eigenvalue weighted by Crippen LogP contribution is -2.38. The number of halogens is 1. The fourth-order valence-corrected chi connectivity index (χ4v) is 6.05. The smallest absolute Gasteiger partial charge is 0.255 e. The molecule has 6 nitrogen and oxygen atoms in total. The second kappa shape index (κ2) is 11.4. The van der Waals surface area contributed by atoms with Gasteiger partial charge in [0.2, 0.25) is 0 Å². The normalized spacial score (nSPS) is 14.1. The van der Waals surface area contributed by atoms with E-state index in [1.165, 1.54) is 5.69 Å². The standard InChI is InChI=1S/C27H32BrN3O3S/c1-5-30(6-2)20-9-7-18(8-10-20)23-17-35-26(29-23)19-11-13-31(14-12-19)27(32)21-15-24(33-3)25(34-4)16-22(21)28/h7-10,15-17,19H,5-6,11-14H2,1-4H3. The summed E-state index contributed by atoms with van der Waals surface area (Å²) in [4.78, 5) is 22.4. The third-order valence-electron chi connectivity index (χ3n) is 6.65. The Kier molecular flexibility index (Phi) is 8.34. The van der Waals surface area contributed by atoms with Crippen LogP contribution in [0.25, 0.3) is 11.3 Å². The molecule has 4 rings (SSSR count). The number of anilines is 1. The Balaban J connectivity index is 1.40. The van der Waals surface area contributed by atoms with E-state index in [1.54, 1.807) is 37.7 Å². The summed E-state index contributed by atoms with van der Waals surface area (Å²) in [5.74, 6) is 1.53. The van der Waals surface area contributed by atoms with E-state index in [2.05, 4.69) is 64.3 Å². The quantitative estimate of drug-likeness (QED) is 0.318. The first-order valence-electron chi connectivity index (χ1n) is 12.0. The van der Waals surface area contributed by atoms with E-state index in [0.717, 1.165) is 42.2 Å². The number of amides is 1. The molecule has 1 aromatic heterocycles. The van der Waals surface area contributed by atoms with Crippen LogP contribution in [-0.4, -0.2) is 56.2 Å². The van der Waals surface area contributed by atoms with Gasteiger partial charge in [0.25, 0.3) is 5.91 Å². The summed E-state index contributed by atoms with van der Waals surface area (Å²) in [6.45, 7) is 7.77. The minimum atomic E-state index is 0.00407. The second-order valence-corrected chi connectivity index (χ2v) is 10.3. The van der Waals surface area contributed by atoms with Crippen molar-refractivity contribution >= 4 is 38.9 Å². The average molecular weight is 559 g/mol. The number of carbonyl (C=O) groups is 1. The molecule has 0 aliphatic carbocycles. The number of carbonyl (C=O) groups excluding carboxylic acids is 1. The topological polar surface area (TPSA) is 54.9 Å². The van der Waals surface area contributed by atoms with Gasteiger partial charge in [-0.2, -0.15) is 0 Å². The zero-order valence-corrected chi connectivity index (χ0v) is 23.1. The molecule has 2 heterocycles. The molecule has 0 unspecified atom stereocenters. The van der Waals surface area contributed by atoms with Crippen molar-refractivity contribution in [2.24, 2.45) is 0 Å². The zero-order valence-electron chi connectivity index (χ0n) is 20.7.